The summed E-state index contributed by atoms with van der Waals surface area (Å²) in [6.45, 7) is 4.25. The van der Waals surface area contributed by atoms with Crippen molar-refractivity contribution in [2.24, 2.45) is 5.73 Å². The van der Waals surface area contributed by atoms with Gasteiger partial charge >= 0.3 is 0 Å². The summed E-state index contributed by atoms with van der Waals surface area (Å²) >= 11 is 0. The van der Waals surface area contributed by atoms with Crippen LogP contribution in [-0.4, -0.2) is 20.7 Å². The fourth-order valence-corrected chi connectivity index (χ4v) is 2.66. The molecule has 0 aliphatic heterocycles. The van der Waals surface area contributed by atoms with Crippen molar-refractivity contribution in [2.75, 3.05) is 17.0 Å². The lowest BCUT2D eigenvalue weighted by molar-refractivity contribution is 0.599. The first-order chi connectivity index (χ1) is 7.43. The third-order valence-corrected chi connectivity index (χ3v) is 3.49. The Morgan fingerprint density at radius 3 is 2.25 bits per heavy atom. The predicted molar refractivity (Wildman–Crippen MR) is 67.0 cm³/mol. The van der Waals surface area contributed by atoms with Gasteiger partial charge in [-0.05, 0) is 50.1 Å². The van der Waals surface area contributed by atoms with Crippen molar-refractivity contribution in [1.29, 1.82) is 0 Å². The second-order valence-corrected chi connectivity index (χ2v) is 5.78. The van der Waals surface area contributed by atoms with Gasteiger partial charge in [0.15, 0.2) is 0 Å². The fourth-order valence-electron chi connectivity index (χ4n) is 1.54. The molecule has 0 bridgehead atoms. The van der Waals surface area contributed by atoms with Gasteiger partial charge in [-0.2, -0.15) is 0 Å². The maximum atomic E-state index is 11.6. The number of rotatable bonds is 5. The third-order valence-electron chi connectivity index (χ3n) is 2.11. The topological polar surface area (TPSA) is 72.2 Å². The summed E-state index contributed by atoms with van der Waals surface area (Å²) in [4.78, 5) is 0. The Morgan fingerprint density at radius 1 is 1.19 bits per heavy atom. The van der Waals surface area contributed by atoms with E-state index in [0.717, 1.165) is 11.1 Å². The lowest BCUT2D eigenvalue weighted by Gasteiger charge is -2.09. The van der Waals surface area contributed by atoms with Crippen molar-refractivity contribution in [3.8, 4) is 0 Å². The van der Waals surface area contributed by atoms with E-state index in [1.807, 2.05) is 32.0 Å². The lowest BCUT2D eigenvalue weighted by atomic mass is 10.1. The second kappa shape index (κ2) is 5.32. The Morgan fingerprint density at radius 2 is 1.75 bits per heavy atom. The Labute approximate surface area is 96.9 Å². The molecule has 0 atom stereocenters. The molecule has 0 aliphatic rings. The van der Waals surface area contributed by atoms with Gasteiger partial charge in [-0.1, -0.05) is 6.07 Å². The zero-order chi connectivity index (χ0) is 12.2. The highest BCUT2D eigenvalue weighted by atomic mass is 32.2. The minimum Gasteiger partial charge on any atom is -0.330 e. The van der Waals surface area contributed by atoms with E-state index in [0.29, 0.717) is 18.7 Å². The van der Waals surface area contributed by atoms with Crippen molar-refractivity contribution in [1.82, 2.24) is 0 Å². The molecule has 0 radical (unpaired) electrons. The number of hydrogen-bond acceptors (Lipinski definition) is 3. The third kappa shape index (κ3) is 4.20. The SMILES string of the molecule is Cc1cc(C)cc(NS(=O)(=O)CCCN)c1. The predicted octanol–water partition coefficient (Wildman–Crippen LogP) is 1.39. The van der Waals surface area contributed by atoms with E-state index in [-0.39, 0.29) is 5.75 Å². The molecule has 0 aliphatic carbocycles. The van der Waals surface area contributed by atoms with Gasteiger partial charge in [0.2, 0.25) is 10.0 Å². The van der Waals surface area contributed by atoms with E-state index in [9.17, 15) is 8.42 Å². The molecule has 0 aromatic heterocycles. The van der Waals surface area contributed by atoms with Gasteiger partial charge in [-0.25, -0.2) is 8.42 Å². The van der Waals surface area contributed by atoms with Crippen LogP contribution >= 0.6 is 0 Å². The zero-order valence-electron chi connectivity index (χ0n) is 9.66. The minimum absolute atomic E-state index is 0.0660. The summed E-state index contributed by atoms with van der Waals surface area (Å²) in [5, 5.41) is 0. The molecule has 0 fully saturated rings. The van der Waals surface area contributed by atoms with Crippen LogP contribution in [0.1, 0.15) is 17.5 Å². The first-order valence-corrected chi connectivity index (χ1v) is 6.87. The summed E-state index contributed by atoms with van der Waals surface area (Å²) in [6, 6.07) is 5.62. The average molecular weight is 242 g/mol. The maximum Gasteiger partial charge on any atom is 0.232 e. The van der Waals surface area contributed by atoms with Crippen molar-refractivity contribution in [3.63, 3.8) is 0 Å². The largest absolute Gasteiger partial charge is 0.330 e. The van der Waals surface area contributed by atoms with Crippen LogP contribution in [0.15, 0.2) is 18.2 Å². The number of nitrogens with two attached hydrogens (primary N) is 1. The highest BCUT2D eigenvalue weighted by Gasteiger charge is 2.09. The summed E-state index contributed by atoms with van der Waals surface area (Å²) in [5.41, 5.74) is 7.98. The molecule has 0 saturated carbocycles. The molecule has 3 N–H and O–H groups in total. The molecule has 0 amide bonds. The first-order valence-electron chi connectivity index (χ1n) is 5.22. The molecule has 16 heavy (non-hydrogen) atoms. The Kier molecular flexibility index (Phi) is 4.32. The van der Waals surface area contributed by atoms with Crippen LogP contribution in [0.5, 0.6) is 0 Å². The fraction of sp³-hybridized carbons (Fsp3) is 0.455. The molecule has 0 saturated heterocycles. The quantitative estimate of drug-likeness (QED) is 0.819. The average Bonchev–Trinajstić information content (AvgIpc) is 2.12. The van der Waals surface area contributed by atoms with Gasteiger partial charge in [0, 0.05) is 5.69 Å². The van der Waals surface area contributed by atoms with Gasteiger partial charge in [-0.15, -0.1) is 0 Å². The van der Waals surface area contributed by atoms with Crippen LogP contribution < -0.4 is 10.5 Å². The first kappa shape index (κ1) is 13.0. The molecule has 1 aromatic rings. The molecule has 1 rings (SSSR count). The number of nitrogens with one attached hydrogen (secondary N) is 1. The molecule has 4 nitrogen and oxygen atoms in total. The van der Waals surface area contributed by atoms with E-state index in [1.54, 1.807) is 0 Å². The van der Waals surface area contributed by atoms with Gasteiger partial charge < -0.3 is 5.73 Å². The molecule has 0 heterocycles. The number of anilines is 1. The Hall–Kier alpha value is -1.07. The smallest absolute Gasteiger partial charge is 0.232 e. The van der Waals surface area contributed by atoms with Crippen LogP contribution in [-0.2, 0) is 10.0 Å². The van der Waals surface area contributed by atoms with Gasteiger partial charge in [-0.3, -0.25) is 4.72 Å². The Bertz CT molecular complexity index is 435. The summed E-state index contributed by atoms with van der Waals surface area (Å²) in [5.74, 6) is 0.0660. The van der Waals surface area contributed by atoms with E-state index >= 15 is 0 Å². The molecule has 1 aromatic carbocycles. The molecule has 5 heteroatoms. The maximum absolute atomic E-state index is 11.6. The van der Waals surface area contributed by atoms with Crippen molar-refractivity contribution >= 4 is 15.7 Å². The van der Waals surface area contributed by atoms with Crippen LogP contribution in [0.4, 0.5) is 5.69 Å². The van der Waals surface area contributed by atoms with Gasteiger partial charge in [0.05, 0.1) is 5.75 Å². The molecule has 0 unspecified atom stereocenters. The molecular weight excluding hydrogens is 224 g/mol. The van der Waals surface area contributed by atoms with E-state index in [4.69, 9.17) is 5.73 Å². The number of hydrogen-bond donors (Lipinski definition) is 2. The van der Waals surface area contributed by atoms with Crippen molar-refractivity contribution in [2.45, 2.75) is 20.3 Å². The van der Waals surface area contributed by atoms with Crippen LogP contribution in [0.25, 0.3) is 0 Å². The number of benzene rings is 1. The Balaban J connectivity index is 2.80. The summed E-state index contributed by atoms with van der Waals surface area (Å²) in [7, 11) is -3.26. The van der Waals surface area contributed by atoms with Crippen molar-refractivity contribution < 1.29 is 8.42 Å². The summed E-state index contributed by atoms with van der Waals surface area (Å²) in [6.07, 6.45) is 0.472. The molecule has 0 spiro atoms. The molecular formula is C11H18N2O2S. The number of aryl methyl sites for hydroxylation is 2. The van der Waals surface area contributed by atoms with Gasteiger partial charge in [0.25, 0.3) is 0 Å². The lowest BCUT2D eigenvalue weighted by Crippen LogP contribution is -2.19. The number of sulfonamides is 1. The zero-order valence-corrected chi connectivity index (χ0v) is 10.5. The molecule has 90 valence electrons. The summed E-state index contributed by atoms with van der Waals surface area (Å²) < 4.78 is 25.8. The van der Waals surface area contributed by atoms with Crippen molar-refractivity contribution in [3.05, 3.63) is 29.3 Å². The monoisotopic (exact) mass is 242 g/mol. The normalized spacial score (nSPS) is 11.4. The van der Waals surface area contributed by atoms with Crippen LogP contribution in [0.3, 0.4) is 0 Å². The van der Waals surface area contributed by atoms with Gasteiger partial charge in [0.1, 0.15) is 0 Å². The second-order valence-electron chi connectivity index (χ2n) is 3.94. The highest BCUT2D eigenvalue weighted by molar-refractivity contribution is 7.92. The van der Waals surface area contributed by atoms with E-state index in [2.05, 4.69) is 4.72 Å². The van der Waals surface area contributed by atoms with E-state index in [1.165, 1.54) is 0 Å². The van der Waals surface area contributed by atoms with Crippen LogP contribution in [0, 0.1) is 13.8 Å². The highest BCUT2D eigenvalue weighted by Crippen LogP contribution is 2.15. The standard InChI is InChI=1S/C11H18N2O2S/c1-9-6-10(2)8-11(7-9)13-16(14,15)5-3-4-12/h6-8,13H,3-5,12H2,1-2H3. The van der Waals surface area contributed by atoms with Crippen LogP contribution in [0.2, 0.25) is 0 Å². The minimum atomic E-state index is -3.26. The van der Waals surface area contributed by atoms with E-state index < -0.39 is 10.0 Å².